The molecule has 1 aromatic heterocycles. The second-order valence-electron chi connectivity index (χ2n) is 5.66. The number of rotatable bonds is 0. The summed E-state index contributed by atoms with van der Waals surface area (Å²) in [5, 5.41) is 8.27. The van der Waals surface area contributed by atoms with E-state index in [0.29, 0.717) is 0 Å². The smallest absolute Gasteiger partial charge is 0.0551 e. The number of hydrogen-bond donors (Lipinski definition) is 1. The molecule has 1 nitrogen and oxygen atoms in total. The SMILES string of the molecule is Clc1ccc2c3ccccc3c3c4ccccc4[nH]c3c2c1. The van der Waals surface area contributed by atoms with Crippen molar-refractivity contribution in [3.05, 3.63) is 71.8 Å². The Morgan fingerprint density at radius 1 is 0.636 bits per heavy atom. The fourth-order valence-corrected chi connectivity index (χ4v) is 3.69. The molecule has 22 heavy (non-hydrogen) atoms. The van der Waals surface area contributed by atoms with Crippen molar-refractivity contribution in [2.45, 2.75) is 0 Å². The molecule has 2 heteroatoms. The number of hydrogen-bond acceptors (Lipinski definition) is 0. The minimum Gasteiger partial charge on any atom is -0.354 e. The molecule has 0 bridgehead atoms. The van der Waals surface area contributed by atoms with E-state index in [1.54, 1.807) is 0 Å². The van der Waals surface area contributed by atoms with Crippen molar-refractivity contribution in [3.8, 4) is 0 Å². The van der Waals surface area contributed by atoms with E-state index in [1.807, 2.05) is 6.07 Å². The second-order valence-corrected chi connectivity index (χ2v) is 6.09. The molecule has 1 heterocycles. The van der Waals surface area contributed by atoms with E-state index in [4.69, 9.17) is 11.6 Å². The first kappa shape index (κ1) is 12.1. The zero-order valence-corrected chi connectivity index (χ0v) is 12.5. The Hall–Kier alpha value is -2.51. The second kappa shape index (κ2) is 4.25. The van der Waals surface area contributed by atoms with Crippen LogP contribution in [0.3, 0.4) is 0 Å². The summed E-state index contributed by atoms with van der Waals surface area (Å²) in [6.45, 7) is 0. The van der Waals surface area contributed by atoms with Crippen LogP contribution >= 0.6 is 11.6 Å². The van der Waals surface area contributed by atoms with Gasteiger partial charge in [0.1, 0.15) is 0 Å². The van der Waals surface area contributed by atoms with Crippen molar-refractivity contribution < 1.29 is 0 Å². The topological polar surface area (TPSA) is 15.8 Å². The number of aromatic nitrogens is 1. The maximum absolute atomic E-state index is 6.26. The van der Waals surface area contributed by atoms with Gasteiger partial charge >= 0.3 is 0 Å². The molecular formula is C20H12ClN. The molecule has 0 fully saturated rings. The molecule has 0 unspecified atom stereocenters. The summed E-state index contributed by atoms with van der Waals surface area (Å²) in [7, 11) is 0. The van der Waals surface area contributed by atoms with Crippen LogP contribution in [0.1, 0.15) is 0 Å². The van der Waals surface area contributed by atoms with Crippen molar-refractivity contribution in [2.24, 2.45) is 0 Å². The average Bonchev–Trinajstić information content (AvgIpc) is 2.95. The van der Waals surface area contributed by atoms with E-state index in [0.717, 1.165) is 16.1 Å². The summed E-state index contributed by atoms with van der Waals surface area (Å²) in [4.78, 5) is 3.58. The number of nitrogens with one attached hydrogen (secondary N) is 1. The number of benzene rings is 4. The Balaban J connectivity index is 2.23. The van der Waals surface area contributed by atoms with Gasteiger partial charge in [0.2, 0.25) is 0 Å². The minimum absolute atomic E-state index is 0.766. The van der Waals surface area contributed by atoms with Crippen LogP contribution in [0.25, 0.3) is 43.4 Å². The Morgan fingerprint density at radius 3 is 2.18 bits per heavy atom. The van der Waals surface area contributed by atoms with Gasteiger partial charge in [0.25, 0.3) is 0 Å². The number of fused-ring (bicyclic) bond motifs is 8. The predicted octanol–water partition coefficient (Wildman–Crippen LogP) is 6.28. The average molecular weight is 302 g/mol. The lowest BCUT2D eigenvalue weighted by Gasteiger charge is -2.07. The van der Waals surface area contributed by atoms with Crippen LogP contribution in [0.4, 0.5) is 0 Å². The fraction of sp³-hybridized carbons (Fsp3) is 0. The van der Waals surface area contributed by atoms with Crippen LogP contribution in [-0.4, -0.2) is 4.98 Å². The van der Waals surface area contributed by atoms with Crippen molar-refractivity contribution in [1.29, 1.82) is 0 Å². The highest BCUT2D eigenvalue weighted by molar-refractivity contribution is 6.35. The Kier molecular flexibility index (Phi) is 2.33. The molecule has 5 rings (SSSR count). The molecule has 0 aliphatic rings. The number of halogens is 1. The first-order valence-corrected chi connectivity index (χ1v) is 7.71. The zero-order chi connectivity index (χ0) is 14.7. The van der Waals surface area contributed by atoms with Gasteiger partial charge in [-0.3, -0.25) is 0 Å². The maximum atomic E-state index is 6.26. The van der Waals surface area contributed by atoms with Gasteiger partial charge in [-0.15, -0.1) is 0 Å². The highest BCUT2D eigenvalue weighted by Crippen LogP contribution is 2.39. The maximum Gasteiger partial charge on any atom is 0.0551 e. The monoisotopic (exact) mass is 301 g/mol. The van der Waals surface area contributed by atoms with E-state index in [2.05, 4.69) is 65.6 Å². The lowest BCUT2D eigenvalue weighted by molar-refractivity contribution is 1.56. The summed E-state index contributed by atoms with van der Waals surface area (Å²) < 4.78 is 0. The lowest BCUT2D eigenvalue weighted by atomic mass is 9.97. The van der Waals surface area contributed by atoms with Crippen LogP contribution in [0.2, 0.25) is 5.02 Å². The summed E-state index contributed by atoms with van der Waals surface area (Å²) in [6.07, 6.45) is 0. The molecular weight excluding hydrogens is 290 g/mol. The number of H-pyrrole nitrogens is 1. The van der Waals surface area contributed by atoms with Gasteiger partial charge in [0.05, 0.1) is 5.52 Å². The van der Waals surface area contributed by atoms with Gasteiger partial charge in [-0.25, -0.2) is 0 Å². The lowest BCUT2D eigenvalue weighted by Crippen LogP contribution is -1.81. The van der Waals surface area contributed by atoms with E-state index in [-0.39, 0.29) is 0 Å². The molecule has 0 radical (unpaired) electrons. The third-order valence-corrected chi connectivity index (χ3v) is 4.68. The molecule has 0 saturated carbocycles. The largest absolute Gasteiger partial charge is 0.354 e. The van der Waals surface area contributed by atoms with Gasteiger partial charge < -0.3 is 4.98 Å². The predicted molar refractivity (Wildman–Crippen MR) is 95.8 cm³/mol. The molecule has 1 N–H and O–H groups in total. The first-order valence-electron chi connectivity index (χ1n) is 7.33. The van der Waals surface area contributed by atoms with Crippen molar-refractivity contribution in [3.63, 3.8) is 0 Å². The van der Waals surface area contributed by atoms with Gasteiger partial charge in [-0.2, -0.15) is 0 Å². The molecule has 0 aliphatic carbocycles. The van der Waals surface area contributed by atoms with Crippen molar-refractivity contribution >= 4 is 55.0 Å². The van der Waals surface area contributed by atoms with Crippen LogP contribution in [0.15, 0.2) is 66.7 Å². The van der Waals surface area contributed by atoms with E-state index in [9.17, 15) is 0 Å². The summed E-state index contributed by atoms with van der Waals surface area (Å²) in [5.41, 5.74) is 2.33. The van der Waals surface area contributed by atoms with Crippen LogP contribution in [0.5, 0.6) is 0 Å². The van der Waals surface area contributed by atoms with Gasteiger partial charge in [0.15, 0.2) is 0 Å². The number of aromatic amines is 1. The van der Waals surface area contributed by atoms with Crippen LogP contribution in [-0.2, 0) is 0 Å². The molecule has 0 atom stereocenters. The van der Waals surface area contributed by atoms with Gasteiger partial charge in [-0.1, -0.05) is 60.1 Å². The highest BCUT2D eigenvalue weighted by atomic mass is 35.5. The Bertz CT molecular complexity index is 1180. The quantitative estimate of drug-likeness (QED) is 0.324. The third-order valence-electron chi connectivity index (χ3n) is 4.44. The first-order chi connectivity index (χ1) is 10.8. The molecule has 0 amide bonds. The highest BCUT2D eigenvalue weighted by Gasteiger charge is 2.13. The minimum atomic E-state index is 0.766. The summed E-state index contributed by atoms with van der Waals surface area (Å²) in [6, 6.07) is 23.2. The molecule has 0 spiro atoms. The Labute approximate surface area is 132 Å². The normalized spacial score (nSPS) is 11.9. The molecule has 4 aromatic carbocycles. The molecule has 0 aliphatic heterocycles. The number of para-hydroxylation sites is 1. The summed E-state index contributed by atoms with van der Waals surface area (Å²) in [5.74, 6) is 0. The Morgan fingerprint density at radius 2 is 1.32 bits per heavy atom. The van der Waals surface area contributed by atoms with Crippen molar-refractivity contribution in [1.82, 2.24) is 4.98 Å². The van der Waals surface area contributed by atoms with Crippen molar-refractivity contribution in [2.75, 3.05) is 0 Å². The van der Waals surface area contributed by atoms with E-state index >= 15 is 0 Å². The third kappa shape index (κ3) is 1.49. The standard InChI is InChI=1S/C20H12ClN/c21-12-9-10-14-13-5-1-2-6-15(13)19-16-7-3-4-8-18(16)22-20(19)17(14)11-12/h1-11,22H. The van der Waals surface area contributed by atoms with E-state index in [1.165, 1.54) is 32.3 Å². The van der Waals surface area contributed by atoms with Crippen LogP contribution in [0, 0.1) is 0 Å². The molecule has 0 saturated heterocycles. The zero-order valence-electron chi connectivity index (χ0n) is 11.7. The summed E-state index contributed by atoms with van der Waals surface area (Å²) >= 11 is 6.26. The van der Waals surface area contributed by atoms with Gasteiger partial charge in [-0.05, 0) is 34.4 Å². The van der Waals surface area contributed by atoms with Crippen LogP contribution < -0.4 is 0 Å². The van der Waals surface area contributed by atoms with Gasteiger partial charge in [0, 0.05) is 26.7 Å². The molecule has 5 aromatic rings. The van der Waals surface area contributed by atoms with E-state index < -0.39 is 0 Å². The fourth-order valence-electron chi connectivity index (χ4n) is 3.52. The molecule has 104 valence electrons.